The van der Waals surface area contributed by atoms with Gasteiger partial charge >= 0.3 is 0 Å². The molecule has 0 aromatic heterocycles. The minimum absolute atomic E-state index is 0.175. The smallest absolute Gasteiger partial charge is 0.0453 e. The molecule has 3 heteroatoms. The molecule has 0 nitrogen and oxygen atoms in total. The summed E-state index contributed by atoms with van der Waals surface area (Å²) in [4.78, 5) is 0. The fourth-order valence-corrected chi connectivity index (χ4v) is 1.96. The molecule has 0 saturated carbocycles. The minimum Gasteiger partial charge on any atom is -0.0922 e. The van der Waals surface area contributed by atoms with Crippen LogP contribution in [-0.4, -0.2) is 5.33 Å². The summed E-state index contributed by atoms with van der Waals surface area (Å²) >= 11 is 15.7. The van der Waals surface area contributed by atoms with E-state index < -0.39 is 0 Å². The molecule has 0 heterocycles. The molecule has 0 fully saturated rings. The number of halogens is 3. The van der Waals surface area contributed by atoms with Crippen LogP contribution < -0.4 is 0 Å². The highest BCUT2D eigenvalue weighted by molar-refractivity contribution is 9.09. The van der Waals surface area contributed by atoms with Crippen LogP contribution in [-0.2, 0) is 6.42 Å². The second-order valence-corrected chi connectivity index (χ2v) is 5.55. The Morgan fingerprint density at radius 1 is 1.21 bits per heavy atom. The molecule has 0 atom stereocenters. The predicted octanol–water partition coefficient (Wildman–Crippen LogP) is 4.96. The van der Waals surface area contributed by atoms with Gasteiger partial charge in [0.25, 0.3) is 0 Å². The summed E-state index contributed by atoms with van der Waals surface area (Å²) in [6, 6.07) is 5.63. The Labute approximate surface area is 104 Å². The van der Waals surface area contributed by atoms with E-state index in [9.17, 15) is 0 Å². The molecule has 1 rings (SSSR count). The quantitative estimate of drug-likeness (QED) is 0.692. The number of hydrogen-bond donors (Lipinski definition) is 0. The first-order valence-electron chi connectivity index (χ1n) is 4.45. The van der Waals surface area contributed by atoms with Crippen LogP contribution in [0.4, 0.5) is 0 Å². The van der Waals surface area contributed by atoms with E-state index in [4.69, 9.17) is 23.2 Å². The average molecular weight is 296 g/mol. The molecular weight excluding hydrogens is 283 g/mol. The number of hydrogen-bond acceptors (Lipinski definition) is 0. The largest absolute Gasteiger partial charge is 0.0922 e. The zero-order valence-electron chi connectivity index (χ0n) is 8.28. The normalized spacial score (nSPS) is 11.8. The van der Waals surface area contributed by atoms with E-state index >= 15 is 0 Å². The monoisotopic (exact) mass is 294 g/mol. The van der Waals surface area contributed by atoms with Gasteiger partial charge in [0.15, 0.2) is 0 Å². The first kappa shape index (κ1) is 12.4. The molecule has 0 N–H and O–H groups in total. The average Bonchev–Trinajstić information content (AvgIpc) is 2.12. The maximum atomic E-state index is 6.09. The molecule has 0 bridgehead atoms. The minimum atomic E-state index is 0.175. The van der Waals surface area contributed by atoms with Crippen LogP contribution in [0.5, 0.6) is 0 Å². The molecule has 0 saturated heterocycles. The predicted molar refractivity (Wildman–Crippen MR) is 67.7 cm³/mol. The third-order valence-corrected chi connectivity index (χ3v) is 4.30. The van der Waals surface area contributed by atoms with Crippen molar-refractivity contribution >= 4 is 39.1 Å². The molecule has 0 aliphatic carbocycles. The van der Waals surface area contributed by atoms with Gasteiger partial charge in [0.05, 0.1) is 0 Å². The van der Waals surface area contributed by atoms with Gasteiger partial charge in [-0.15, -0.1) is 0 Å². The van der Waals surface area contributed by atoms with Crippen molar-refractivity contribution in [3.05, 3.63) is 33.8 Å². The first-order valence-corrected chi connectivity index (χ1v) is 6.33. The summed E-state index contributed by atoms with van der Waals surface area (Å²) in [5.41, 5.74) is 1.22. The second kappa shape index (κ2) is 4.87. The summed E-state index contributed by atoms with van der Waals surface area (Å²) in [6.07, 6.45) is 0.886. The summed E-state index contributed by atoms with van der Waals surface area (Å²) in [5.74, 6) is 0. The fraction of sp³-hybridized carbons (Fsp3) is 0.455. The highest BCUT2D eigenvalue weighted by Crippen LogP contribution is 2.32. The van der Waals surface area contributed by atoms with Gasteiger partial charge in [-0.25, -0.2) is 0 Å². The van der Waals surface area contributed by atoms with Crippen molar-refractivity contribution in [3.63, 3.8) is 0 Å². The van der Waals surface area contributed by atoms with Crippen molar-refractivity contribution in [2.75, 3.05) is 5.33 Å². The van der Waals surface area contributed by atoms with Crippen LogP contribution in [0.3, 0.4) is 0 Å². The van der Waals surface area contributed by atoms with Crippen LogP contribution in [0.15, 0.2) is 18.2 Å². The highest BCUT2D eigenvalue weighted by atomic mass is 79.9. The van der Waals surface area contributed by atoms with Crippen LogP contribution in [0.1, 0.15) is 19.4 Å². The van der Waals surface area contributed by atoms with E-state index in [-0.39, 0.29) is 5.41 Å². The van der Waals surface area contributed by atoms with Gasteiger partial charge in [-0.05, 0) is 29.5 Å². The summed E-state index contributed by atoms with van der Waals surface area (Å²) in [6.45, 7) is 4.36. The standard InChI is InChI=1S/C11H13BrCl2/c1-11(2,7-12)6-8-9(13)4-3-5-10(8)14/h3-5H,6-7H2,1-2H3. The van der Waals surface area contributed by atoms with Gasteiger partial charge in [0.1, 0.15) is 0 Å². The van der Waals surface area contributed by atoms with Crippen LogP contribution in [0.2, 0.25) is 10.0 Å². The van der Waals surface area contributed by atoms with E-state index in [0.717, 1.165) is 27.4 Å². The van der Waals surface area contributed by atoms with Crippen molar-refractivity contribution < 1.29 is 0 Å². The number of benzene rings is 1. The zero-order chi connectivity index (χ0) is 10.8. The van der Waals surface area contributed by atoms with Crippen molar-refractivity contribution in [3.8, 4) is 0 Å². The third-order valence-electron chi connectivity index (χ3n) is 2.08. The number of alkyl halides is 1. The topological polar surface area (TPSA) is 0 Å². The zero-order valence-corrected chi connectivity index (χ0v) is 11.4. The van der Waals surface area contributed by atoms with Gasteiger partial charge in [0.2, 0.25) is 0 Å². The molecule has 1 aromatic carbocycles. The maximum absolute atomic E-state index is 6.09. The van der Waals surface area contributed by atoms with Crippen molar-refractivity contribution in [1.29, 1.82) is 0 Å². The summed E-state index contributed by atoms with van der Waals surface area (Å²) < 4.78 is 0. The summed E-state index contributed by atoms with van der Waals surface area (Å²) in [7, 11) is 0. The third kappa shape index (κ3) is 3.15. The molecular formula is C11H13BrCl2. The fourth-order valence-electron chi connectivity index (χ4n) is 1.23. The van der Waals surface area contributed by atoms with Gasteiger partial charge in [-0.2, -0.15) is 0 Å². The second-order valence-electron chi connectivity index (χ2n) is 4.17. The van der Waals surface area contributed by atoms with Gasteiger partial charge in [-0.3, -0.25) is 0 Å². The molecule has 0 aliphatic heterocycles. The molecule has 78 valence electrons. The lowest BCUT2D eigenvalue weighted by Gasteiger charge is -2.22. The Morgan fingerprint density at radius 3 is 2.14 bits per heavy atom. The molecule has 0 spiro atoms. The van der Waals surface area contributed by atoms with Crippen LogP contribution in [0, 0.1) is 5.41 Å². The van der Waals surface area contributed by atoms with Gasteiger partial charge < -0.3 is 0 Å². The molecule has 1 aromatic rings. The Balaban J connectivity index is 2.97. The van der Waals surface area contributed by atoms with Gasteiger partial charge in [0, 0.05) is 15.4 Å². The SMILES string of the molecule is CC(C)(CBr)Cc1c(Cl)cccc1Cl. The molecule has 0 unspecified atom stereocenters. The first-order chi connectivity index (χ1) is 6.46. The Hall–Kier alpha value is 0.280. The van der Waals surface area contributed by atoms with Gasteiger partial charge in [-0.1, -0.05) is 59.0 Å². The lowest BCUT2D eigenvalue weighted by molar-refractivity contribution is 0.425. The summed E-state index contributed by atoms with van der Waals surface area (Å²) in [5, 5.41) is 2.44. The molecule has 0 amide bonds. The van der Waals surface area contributed by atoms with E-state index in [2.05, 4.69) is 29.8 Å². The van der Waals surface area contributed by atoms with Crippen molar-refractivity contribution in [1.82, 2.24) is 0 Å². The Bertz CT molecular complexity index is 301. The Kier molecular flexibility index (Phi) is 4.30. The van der Waals surface area contributed by atoms with Crippen LogP contribution >= 0.6 is 39.1 Å². The van der Waals surface area contributed by atoms with E-state index in [0.29, 0.717) is 0 Å². The lowest BCUT2D eigenvalue weighted by atomic mass is 9.88. The Morgan fingerprint density at radius 2 is 1.71 bits per heavy atom. The number of rotatable bonds is 3. The molecule has 0 radical (unpaired) electrons. The molecule has 0 aliphatic rings. The highest BCUT2D eigenvalue weighted by Gasteiger charge is 2.19. The maximum Gasteiger partial charge on any atom is 0.0453 e. The van der Waals surface area contributed by atoms with Crippen LogP contribution in [0.25, 0.3) is 0 Å². The van der Waals surface area contributed by atoms with Crippen molar-refractivity contribution in [2.24, 2.45) is 5.41 Å². The molecule has 14 heavy (non-hydrogen) atoms. The van der Waals surface area contributed by atoms with E-state index in [1.165, 1.54) is 0 Å². The van der Waals surface area contributed by atoms with E-state index in [1.807, 2.05) is 18.2 Å². The van der Waals surface area contributed by atoms with E-state index in [1.54, 1.807) is 0 Å². The lowest BCUT2D eigenvalue weighted by Crippen LogP contribution is -2.17. The van der Waals surface area contributed by atoms with Crippen molar-refractivity contribution in [2.45, 2.75) is 20.3 Å².